The lowest BCUT2D eigenvalue weighted by Crippen LogP contribution is -2.42. The third-order valence-electron chi connectivity index (χ3n) is 2.76. The van der Waals surface area contributed by atoms with Gasteiger partial charge < -0.3 is 15.7 Å². The zero-order valence-electron chi connectivity index (χ0n) is 11.0. The summed E-state index contributed by atoms with van der Waals surface area (Å²) in [5, 5.41) is 18.5. The van der Waals surface area contributed by atoms with Crippen molar-refractivity contribution in [1.82, 2.24) is 20.4 Å². The summed E-state index contributed by atoms with van der Waals surface area (Å²) in [5.74, 6) is 0. The third kappa shape index (κ3) is 5.18. The minimum absolute atomic E-state index is 0.0355. The summed E-state index contributed by atoms with van der Waals surface area (Å²) < 4.78 is 1.74. The number of amides is 2. The van der Waals surface area contributed by atoms with Gasteiger partial charge in [0.15, 0.2) is 0 Å². The molecule has 0 aliphatic heterocycles. The molecule has 1 heterocycles. The van der Waals surface area contributed by atoms with E-state index in [1.807, 2.05) is 20.2 Å². The van der Waals surface area contributed by atoms with Crippen molar-refractivity contribution in [1.29, 1.82) is 0 Å². The van der Waals surface area contributed by atoms with Crippen molar-refractivity contribution in [3.05, 3.63) is 18.0 Å². The van der Waals surface area contributed by atoms with E-state index < -0.39 is 0 Å². The zero-order chi connectivity index (χ0) is 13.4. The molecule has 102 valence electrons. The molecule has 0 radical (unpaired) electrons. The van der Waals surface area contributed by atoms with Crippen molar-refractivity contribution in [3.8, 4) is 0 Å². The Morgan fingerprint density at radius 1 is 1.61 bits per heavy atom. The lowest BCUT2D eigenvalue weighted by molar-refractivity contribution is 0.228. The summed E-state index contributed by atoms with van der Waals surface area (Å²) in [7, 11) is 1.87. The van der Waals surface area contributed by atoms with Gasteiger partial charge >= 0.3 is 6.03 Å². The van der Waals surface area contributed by atoms with Crippen LogP contribution in [0, 0.1) is 0 Å². The van der Waals surface area contributed by atoms with E-state index in [0.717, 1.165) is 18.4 Å². The molecule has 1 aromatic heterocycles. The van der Waals surface area contributed by atoms with Crippen LogP contribution < -0.4 is 10.6 Å². The normalized spacial score (nSPS) is 12.2. The lowest BCUT2D eigenvalue weighted by Gasteiger charge is -2.16. The number of rotatable bonds is 7. The number of hydrogen-bond acceptors (Lipinski definition) is 3. The standard InChI is InChI=1S/C12H22N4O2/c1-3-11(5-7-17)15-12(18)13-6-4-10-8-14-16(2)9-10/h8-9,11,17H,3-7H2,1-2H3,(H2,13,15,18). The van der Waals surface area contributed by atoms with E-state index in [4.69, 9.17) is 5.11 Å². The van der Waals surface area contributed by atoms with Gasteiger partial charge in [-0.25, -0.2) is 4.79 Å². The topological polar surface area (TPSA) is 79.2 Å². The molecule has 1 atom stereocenters. The number of nitrogens with one attached hydrogen (secondary N) is 2. The Morgan fingerprint density at radius 3 is 2.94 bits per heavy atom. The Bertz CT molecular complexity index is 365. The summed E-state index contributed by atoms with van der Waals surface area (Å²) in [6, 6.07) is -0.146. The first-order valence-electron chi connectivity index (χ1n) is 6.28. The molecule has 0 bridgehead atoms. The molecule has 0 aliphatic carbocycles. The van der Waals surface area contributed by atoms with E-state index in [0.29, 0.717) is 13.0 Å². The highest BCUT2D eigenvalue weighted by Gasteiger charge is 2.08. The number of carbonyl (C=O) groups is 1. The third-order valence-corrected chi connectivity index (χ3v) is 2.76. The SMILES string of the molecule is CCC(CCO)NC(=O)NCCc1cnn(C)c1. The van der Waals surface area contributed by atoms with E-state index in [1.54, 1.807) is 10.9 Å². The van der Waals surface area contributed by atoms with Crippen molar-refractivity contribution in [2.24, 2.45) is 7.05 Å². The van der Waals surface area contributed by atoms with Gasteiger partial charge in [0.05, 0.1) is 6.20 Å². The van der Waals surface area contributed by atoms with E-state index >= 15 is 0 Å². The minimum Gasteiger partial charge on any atom is -0.396 e. The first kappa shape index (κ1) is 14.5. The molecular formula is C12H22N4O2. The highest BCUT2D eigenvalue weighted by molar-refractivity contribution is 5.74. The zero-order valence-corrected chi connectivity index (χ0v) is 11.0. The molecule has 6 heteroatoms. The second kappa shape index (κ2) is 7.71. The second-order valence-corrected chi connectivity index (χ2v) is 4.29. The average molecular weight is 254 g/mol. The number of carbonyl (C=O) groups excluding carboxylic acids is 1. The predicted octanol–water partition coefficient (Wildman–Crippen LogP) is 0.423. The van der Waals surface area contributed by atoms with Gasteiger partial charge in [0.25, 0.3) is 0 Å². The van der Waals surface area contributed by atoms with Crippen LogP contribution >= 0.6 is 0 Å². The van der Waals surface area contributed by atoms with Gasteiger partial charge in [-0.05, 0) is 24.8 Å². The molecular weight excluding hydrogens is 232 g/mol. The van der Waals surface area contributed by atoms with E-state index in [-0.39, 0.29) is 18.7 Å². The molecule has 1 unspecified atom stereocenters. The second-order valence-electron chi connectivity index (χ2n) is 4.29. The van der Waals surface area contributed by atoms with Crippen LogP contribution in [0.3, 0.4) is 0 Å². The summed E-state index contributed by atoms with van der Waals surface area (Å²) in [4.78, 5) is 11.6. The van der Waals surface area contributed by atoms with Gasteiger partial charge in [0.1, 0.15) is 0 Å². The van der Waals surface area contributed by atoms with E-state index in [2.05, 4.69) is 15.7 Å². The number of aromatic nitrogens is 2. The predicted molar refractivity (Wildman–Crippen MR) is 69.2 cm³/mol. The Hall–Kier alpha value is -1.56. The summed E-state index contributed by atoms with van der Waals surface area (Å²) in [5.41, 5.74) is 1.10. The molecule has 18 heavy (non-hydrogen) atoms. The quantitative estimate of drug-likeness (QED) is 0.660. The summed E-state index contributed by atoms with van der Waals surface area (Å²) >= 11 is 0. The maximum Gasteiger partial charge on any atom is 0.315 e. The van der Waals surface area contributed by atoms with Crippen LogP contribution in [-0.4, -0.2) is 40.1 Å². The first-order valence-corrected chi connectivity index (χ1v) is 6.28. The van der Waals surface area contributed by atoms with E-state index in [1.165, 1.54) is 0 Å². The van der Waals surface area contributed by atoms with Crippen LogP contribution in [0.15, 0.2) is 12.4 Å². The molecule has 6 nitrogen and oxygen atoms in total. The maximum atomic E-state index is 11.6. The fraction of sp³-hybridized carbons (Fsp3) is 0.667. The molecule has 1 rings (SSSR count). The van der Waals surface area contributed by atoms with Crippen LogP contribution in [0.25, 0.3) is 0 Å². The smallest absolute Gasteiger partial charge is 0.315 e. The fourth-order valence-electron chi connectivity index (χ4n) is 1.69. The number of hydrogen-bond donors (Lipinski definition) is 3. The number of urea groups is 1. The van der Waals surface area contributed by atoms with E-state index in [9.17, 15) is 4.79 Å². The number of aliphatic hydroxyl groups excluding tert-OH is 1. The van der Waals surface area contributed by atoms with Crippen molar-refractivity contribution in [2.45, 2.75) is 32.2 Å². The van der Waals surface area contributed by atoms with Gasteiger partial charge in [0.2, 0.25) is 0 Å². The van der Waals surface area contributed by atoms with Crippen LogP contribution in [0.2, 0.25) is 0 Å². The van der Waals surface area contributed by atoms with Gasteiger partial charge in [-0.3, -0.25) is 4.68 Å². The van der Waals surface area contributed by atoms with Crippen LogP contribution in [-0.2, 0) is 13.5 Å². The average Bonchev–Trinajstić information content (AvgIpc) is 2.74. The highest BCUT2D eigenvalue weighted by atomic mass is 16.3. The van der Waals surface area contributed by atoms with Crippen LogP contribution in [0.1, 0.15) is 25.3 Å². The summed E-state index contributed by atoms with van der Waals surface area (Å²) in [6.45, 7) is 2.65. The molecule has 0 aromatic carbocycles. The van der Waals surface area contributed by atoms with Crippen LogP contribution in [0.5, 0.6) is 0 Å². The van der Waals surface area contributed by atoms with Crippen molar-refractivity contribution < 1.29 is 9.90 Å². The molecule has 1 aromatic rings. The number of aryl methyl sites for hydroxylation is 1. The summed E-state index contributed by atoms with van der Waals surface area (Å²) in [6.07, 6.45) is 5.89. The van der Waals surface area contributed by atoms with Crippen molar-refractivity contribution >= 4 is 6.03 Å². The van der Waals surface area contributed by atoms with Crippen molar-refractivity contribution in [2.75, 3.05) is 13.2 Å². The van der Waals surface area contributed by atoms with Gasteiger partial charge in [-0.15, -0.1) is 0 Å². The molecule has 0 saturated carbocycles. The Morgan fingerprint density at radius 2 is 2.39 bits per heavy atom. The number of aliphatic hydroxyl groups is 1. The first-order chi connectivity index (χ1) is 8.65. The Balaban J connectivity index is 2.20. The molecule has 3 N–H and O–H groups in total. The molecule has 0 aliphatic rings. The molecule has 2 amide bonds. The van der Waals surface area contributed by atoms with Gasteiger partial charge in [-0.1, -0.05) is 6.92 Å². The van der Waals surface area contributed by atoms with Crippen LogP contribution in [0.4, 0.5) is 4.79 Å². The Labute approximate surface area is 107 Å². The fourth-order valence-corrected chi connectivity index (χ4v) is 1.69. The van der Waals surface area contributed by atoms with Crippen molar-refractivity contribution in [3.63, 3.8) is 0 Å². The monoisotopic (exact) mass is 254 g/mol. The van der Waals surface area contributed by atoms with Gasteiger partial charge in [-0.2, -0.15) is 5.10 Å². The maximum absolute atomic E-state index is 11.6. The van der Waals surface area contributed by atoms with Gasteiger partial charge in [0, 0.05) is 32.4 Å². The lowest BCUT2D eigenvalue weighted by atomic mass is 10.2. The minimum atomic E-state index is -0.181. The molecule has 0 spiro atoms. The number of nitrogens with zero attached hydrogens (tertiary/aromatic N) is 2. The largest absolute Gasteiger partial charge is 0.396 e. The molecule has 0 saturated heterocycles. The highest BCUT2D eigenvalue weighted by Crippen LogP contribution is 1.97. The molecule has 0 fully saturated rings. The Kier molecular flexibility index (Phi) is 6.21.